The highest BCUT2D eigenvalue weighted by atomic mass is 19.4. The fourth-order valence-corrected chi connectivity index (χ4v) is 3.91. The van der Waals surface area contributed by atoms with E-state index in [1.165, 1.54) is 30.6 Å². The van der Waals surface area contributed by atoms with Crippen molar-refractivity contribution in [2.75, 3.05) is 0 Å². The van der Waals surface area contributed by atoms with Crippen molar-refractivity contribution < 1.29 is 26.5 Å². The van der Waals surface area contributed by atoms with E-state index >= 15 is 0 Å². The SMILES string of the molecule is CC(C)c1nc(CC(C)c2c[n+](CC(C)c3ncccc3C(F)(F)F)ccc2F)ccc1F. The summed E-state index contributed by atoms with van der Waals surface area (Å²) in [5.41, 5.74) is 0.622. The average molecular weight is 465 g/mol. The Morgan fingerprint density at radius 1 is 0.909 bits per heavy atom. The van der Waals surface area contributed by atoms with Crippen molar-refractivity contribution in [1.82, 2.24) is 9.97 Å². The molecule has 0 saturated heterocycles. The van der Waals surface area contributed by atoms with Crippen LogP contribution in [0.25, 0.3) is 0 Å². The normalized spacial score (nSPS) is 13.9. The summed E-state index contributed by atoms with van der Waals surface area (Å²) in [6, 6.07) is 6.55. The zero-order valence-corrected chi connectivity index (χ0v) is 19.0. The fraction of sp³-hybridized carbons (Fsp3) is 0.400. The molecule has 0 amide bonds. The Hall–Kier alpha value is -2.90. The molecule has 2 atom stereocenters. The minimum atomic E-state index is -4.50. The lowest BCUT2D eigenvalue weighted by Gasteiger charge is -2.16. The molecule has 3 aromatic heterocycles. The summed E-state index contributed by atoms with van der Waals surface area (Å²) in [7, 11) is 0. The molecular weight excluding hydrogens is 437 g/mol. The van der Waals surface area contributed by atoms with Gasteiger partial charge in [-0.2, -0.15) is 13.2 Å². The van der Waals surface area contributed by atoms with E-state index in [4.69, 9.17) is 0 Å². The number of pyridine rings is 3. The van der Waals surface area contributed by atoms with Crippen LogP contribution in [-0.4, -0.2) is 9.97 Å². The molecule has 0 aromatic carbocycles. The maximum absolute atomic E-state index is 14.6. The third-order valence-electron chi connectivity index (χ3n) is 5.61. The van der Waals surface area contributed by atoms with E-state index in [1.54, 1.807) is 23.8 Å². The van der Waals surface area contributed by atoms with Crippen LogP contribution in [0, 0.1) is 11.6 Å². The Bertz CT molecular complexity index is 1110. The maximum atomic E-state index is 14.6. The smallest absolute Gasteiger partial charge is 0.260 e. The first-order chi connectivity index (χ1) is 15.5. The molecule has 0 aliphatic heterocycles. The Kier molecular flexibility index (Phi) is 7.44. The van der Waals surface area contributed by atoms with Gasteiger partial charge in [0.05, 0.1) is 28.4 Å². The van der Waals surface area contributed by atoms with Crippen molar-refractivity contribution in [3.05, 3.63) is 88.8 Å². The molecule has 3 rings (SSSR count). The zero-order valence-electron chi connectivity index (χ0n) is 19.0. The van der Waals surface area contributed by atoms with Gasteiger partial charge in [-0.3, -0.25) is 9.97 Å². The third kappa shape index (κ3) is 5.92. The number of hydrogen-bond donors (Lipinski definition) is 0. The summed E-state index contributed by atoms with van der Waals surface area (Å²) in [4.78, 5) is 8.35. The summed E-state index contributed by atoms with van der Waals surface area (Å²) in [5, 5.41) is 0. The topological polar surface area (TPSA) is 29.7 Å². The molecule has 33 heavy (non-hydrogen) atoms. The fourth-order valence-electron chi connectivity index (χ4n) is 3.91. The monoisotopic (exact) mass is 464 g/mol. The molecule has 0 aliphatic rings. The second kappa shape index (κ2) is 9.93. The molecule has 0 fully saturated rings. The van der Waals surface area contributed by atoms with Gasteiger partial charge < -0.3 is 0 Å². The van der Waals surface area contributed by atoms with Crippen LogP contribution in [0.3, 0.4) is 0 Å². The highest BCUT2D eigenvalue weighted by molar-refractivity contribution is 5.25. The lowest BCUT2D eigenvalue weighted by molar-refractivity contribution is -0.700. The van der Waals surface area contributed by atoms with Crippen molar-refractivity contribution in [2.24, 2.45) is 0 Å². The van der Waals surface area contributed by atoms with E-state index in [9.17, 15) is 22.0 Å². The van der Waals surface area contributed by atoms with Crippen molar-refractivity contribution in [3.63, 3.8) is 0 Å². The minimum absolute atomic E-state index is 0.0480. The van der Waals surface area contributed by atoms with Crippen LogP contribution in [0.5, 0.6) is 0 Å². The Balaban J connectivity index is 1.82. The van der Waals surface area contributed by atoms with E-state index in [-0.39, 0.29) is 29.9 Å². The van der Waals surface area contributed by atoms with Gasteiger partial charge in [0.1, 0.15) is 11.6 Å². The van der Waals surface area contributed by atoms with Gasteiger partial charge in [-0.1, -0.05) is 27.7 Å². The van der Waals surface area contributed by atoms with Crippen LogP contribution in [0.4, 0.5) is 22.0 Å². The van der Waals surface area contributed by atoms with Crippen LogP contribution in [0.1, 0.15) is 73.7 Å². The van der Waals surface area contributed by atoms with Crippen molar-refractivity contribution in [2.45, 2.75) is 64.6 Å². The second-order valence-electron chi connectivity index (χ2n) is 8.71. The number of alkyl halides is 3. The van der Waals surface area contributed by atoms with E-state index < -0.39 is 23.5 Å². The van der Waals surface area contributed by atoms with Crippen LogP contribution in [0.2, 0.25) is 0 Å². The summed E-state index contributed by atoms with van der Waals surface area (Å²) < 4.78 is 70.3. The number of halogens is 5. The summed E-state index contributed by atoms with van der Waals surface area (Å²) in [6.45, 7) is 7.41. The quantitative estimate of drug-likeness (QED) is 0.302. The predicted molar refractivity (Wildman–Crippen MR) is 115 cm³/mol. The second-order valence-corrected chi connectivity index (χ2v) is 8.71. The molecule has 3 heterocycles. The van der Waals surface area contributed by atoms with Gasteiger partial charge in [0.15, 0.2) is 18.9 Å². The molecule has 0 bridgehead atoms. The number of hydrogen-bond acceptors (Lipinski definition) is 2. The zero-order chi connectivity index (χ0) is 24.3. The third-order valence-corrected chi connectivity index (χ3v) is 5.61. The van der Waals surface area contributed by atoms with Crippen LogP contribution in [0.15, 0.2) is 48.9 Å². The van der Waals surface area contributed by atoms with Crippen molar-refractivity contribution >= 4 is 0 Å². The first-order valence-corrected chi connectivity index (χ1v) is 10.8. The molecule has 0 saturated carbocycles. The lowest BCUT2D eigenvalue weighted by atomic mass is 9.96. The number of aromatic nitrogens is 3. The standard InChI is InChI=1S/C25H27F5N3/c1-15(2)23-22(27)8-7-18(32-23)12-16(3)19-14-33(11-9-21(19)26)13-17(4)24-20(25(28,29)30)6-5-10-31-24/h5-11,14-17H,12-13H2,1-4H3/q+1. The summed E-state index contributed by atoms with van der Waals surface area (Å²) in [6.07, 6.45) is 0.354. The van der Waals surface area contributed by atoms with E-state index in [2.05, 4.69) is 9.97 Å². The molecule has 0 spiro atoms. The molecule has 2 unspecified atom stereocenters. The maximum Gasteiger partial charge on any atom is 0.418 e. The Morgan fingerprint density at radius 2 is 1.64 bits per heavy atom. The molecule has 0 N–H and O–H groups in total. The highest BCUT2D eigenvalue weighted by Crippen LogP contribution is 2.34. The summed E-state index contributed by atoms with van der Waals surface area (Å²) in [5.74, 6) is -1.68. The van der Waals surface area contributed by atoms with Gasteiger partial charge >= 0.3 is 6.18 Å². The van der Waals surface area contributed by atoms with Crippen LogP contribution < -0.4 is 4.57 Å². The number of nitrogens with zero attached hydrogens (tertiary/aromatic N) is 3. The molecule has 176 valence electrons. The first-order valence-electron chi connectivity index (χ1n) is 10.8. The lowest BCUT2D eigenvalue weighted by Crippen LogP contribution is -2.37. The van der Waals surface area contributed by atoms with Gasteiger partial charge in [0, 0.05) is 18.0 Å². The largest absolute Gasteiger partial charge is 0.418 e. The summed E-state index contributed by atoms with van der Waals surface area (Å²) >= 11 is 0. The molecular formula is C25H27F5N3+. The van der Waals surface area contributed by atoms with Crippen LogP contribution in [-0.2, 0) is 19.1 Å². The molecule has 3 aromatic rings. The van der Waals surface area contributed by atoms with Gasteiger partial charge in [-0.15, -0.1) is 0 Å². The Morgan fingerprint density at radius 3 is 2.30 bits per heavy atom. The van der Waals surface area contributed by atoms with Gasteiger partial charge in [-0.25, -0.2) is 13.3 Å². The minimum Gasteiger partial charge on any atom is -0.260 e. The van der Waals surface area contributed by atoms with E-state index in [1.807, 2.05) is 20.8 Å². The predicted octanol–water partition coefficient (Wildman–Crippen LogP) is 6.33. The molecule has 0 radical (unpaired) electrons. The van der Waals surface area contributed by atoms with E-state index in [0.717, 1.165) is 6.07 Å². The van der Waals surface area contributed by atoms with E-state index in [0.29, 0.717) is 23.4 Å². The molecule has 0 aliphatic carbocycles. The van der Waals surface area contributed by atoms with Crippen molar-refractivity contribution in [1.29, 1.82) is 0 Å². The molecule has 3 nitrogen and oxygen atoms in total. The Labute approximate surface area is 190 Å². The number of rotatable bonds is 7. The van der Waals surface area contributed by atoms with Gasteiger partial charge in [-0.05, 0) is 42.5 Å². The molecule has 8 heteroatoms. The highest BCUT2D eigenvalue weighted by Gasteiger charge is 2.36. The first kappa shape index (κ1) is 24.7. The average Bonchev–Trinajstić information content (AvgIpc) is 2.75. The van der Waals surface area contributed by atoms with Crippen LogP contribution >= 0.6 is 0 Å². The van der Waals surface area contributed by atoms with Gasteiger partial charge in [0.2, 0.25) is 0 Å². The van der Waals surface area contributed by atoms with Crippen molar-refractivity contribution in [3.8, 4) is 0 Å². The van der Waals surface area contributed by atoms with Gasteiger partial charge in [0.25, 0.3) is 0 Å².